The van der Waals surface area contributed by atoms with Crippen LogP contribution in [0.3, 0.4) is 0 Å². The SMILES string of the molecule is COCCOCCOCCOc1cc(COc2cc(OCc3cc(OCCOCCOCCOC)c(OCCOCCOCCOC)c(OCCOCCOCCOC)c3)cc(C(=O)NCCCNC(=O)C(CCCNC(=O)c3cccc(O)c3O)(CCCNC(=O)c3cccc(O)c3O)CCCNC(=O)c3cccc(O)c3O)c2)cc(OCCOCCOCCOC)c1OCCOCCOCCOC. The maximum Gasteiger partial charge on any atom is 0.255 e. The fourth-order valence-electron chi connectivity index (χ4n) is 13.2. The molecule has 5 amide bonds. The van der Waals surface area contributed by atoms with Gasteiger partial charge in [-0.15, -0.1) is 0 Å². The molecule has 0 fully saturated rings. The molecule has 784 valence electrons. The number of hydrogen-bond donors (Lipinski definition) is 11. The maximum absolute atomic E-state index is 15.3. The smallest absolute Gasteiger partial charge is 0.255 e. The molecule has 6 rings (SSSR count). The third-order valence-corrected chi connectivity index (χ3v) is 20.4. The van der Waals surface area contributed by atoms with Gasteiger partial charge in [-0.05, 0) is 129 Å². The summed E-state index contributed by atoms with van der Waals surface area (Å²) in [7, 11) is 9.53. The maximum atomic E-state index is 15.3. The van der Waals surface area contributed by atoms with Crippen molar-refractivity contribution in [2.45, 2.75) is 58.2 Å². The zero-order valence-electron chi connectivity index (χ0n) is 81.4. The molecule has 0 saturated heterocycles. The second kappa shape index (κ2) is 74.2. The van der Waals surface area contributed by atoms with Gasteiger partial charge in [0.15, 0.2) is 57.5 Å². The first-order valence-corrected chi connectivity index (χ1v) is 46.7. The minimum Gasteiger partial charge on any atom is -0.504 e. The summed E-state index contributed by atoms with van der Waals surface area (Å²) in [5, 5.41) is 76.6. The molecule has 0 bridgehead atoms. The van der Waals surface area contributed by atoms with E-state index in [2.05, 4.69) is 26.6 Å². The van der Waals surface area contributed by atoms with Crippen LogP contribution in [-0.4, -0.2) is 373 Å². The number of nitrogens with one attached hydrogen (secondary N) is 5. The Balaban J connectivity index is 1.37. The standard InChI is InChI=1S/C98H145N5O37/c1-115-28-34-121-40-46-127-52-58-133-84-64-73(65-85(134-59-53-128-47-41-122-35-29-116-2)91(84)137-62-56-131-50-44-125-38-32-119-5)71-139-76-68-75(69-77(70-76)140-72-74-66-86(135-60-54-129-48-42-123-36-30-117-3)92(138-63-57-132-51-45-126-39-33-120-6)87(67-74)136-61-55-130-49-43-124-37-31-118-4)93(110)99-26-13-27-103-97(114)98(20-10-23-100-94(111)78-14-7-17-81(104)88(78)107,21-11-24-101-95(112)79-15-8-18-82(105)89(79)108)22-12-25-102-96(113)80-16-9-19-83(106)90(80)109/h7-9,14-19,64-70,104-109H,10-13,20-63,71-72H2,1-6H3,(H,99,110)(H,100,111)(H,101,112)(H,102,113)(H,103,114). The Hall–Kier alpha value is -10.8. The summed E-state index contributed by atoms with van der Waals surface area (Å²) in [4.78, 5) is 70.6. The lowest BCUT2D eigenvalue weighted by molar-refractivity contribution is -0.132. The molecule has 0 heterocycles. The van der Waals surface area contributed by atoms with Crippen molar-refractivity contribution < 1.29 is 178 Å². The number of amides is 5. The van der Waals surface area contributed by atoms with Gasteiger partial charge in [-0.2, -0.15) is 0 Å². The van der Waals surface area contributed by atoms with Gasteiger partial charge in [0.1, 0.15) is 64.4 Å². The highest BCUT2D eigenvalue weighted by molar-refractivity contribution is 5.99. The minimum atomic E-state index is -1.33. The number of carbonyl (C=O) groups is 5. The van der Waals surface area contributed by atoms with E-state index in [0.717, 1.165) is 0 Å². The molecule has 0 spiro atoms. The van der Waals surface area contributed by atoms with Crippen LogP contribution in [-0.2, 0) is 103 Å². The van der Waals surface area contributed by atoms with E-state index in [1.54, 1.807) is 73.0 Å². The van der Waals surface area contributed by atoms with Crippen LogP contribution in [0.1, 0.15) is 97.5 Å². The van der Waals surface area contributed by atoms with E-state index in [1.165, 1.54) is 66.7 Å². The third-order valence-electron chi connectivity index (χ3n) is 20.4. The molecule has 42 nitrogen and oxygen atoms in total. The van der Waals surface area contributed by atoms with E-state index in [1.807, 2.05) is 0 Å². The Morgan fingerprint density at radius 2 is 0.493 bits per heavy atom. The highest BCUT2D eigenvalue weighted by atomic mass is 16.6. The number of phenols is 6. The summed E-state index contributed by atoms with van der Waals surface area (Å²) in [6.45, 7) is 9.35. The predicted molar refractivity (Wildman–Crippen MR) is 508 cm³/mol. The monoisotopic (exact) mass is 1980 g/mol. The van der Waals surface area contributed by atoms with Crippen molar-refractivity contribution in [1.29, 1.82) is 0 Å². The lowest BCUT2D eigenvalue weighted by Gasteiger charge is -2.33. The molecule has 0 aliphatic carbocycles. The molecular formula is C98H145N5O37. The van der Waals surface area contributed by atoms with Crippen LogP contribution in [0.15, 0.2) is 97.1 Å². The van der Waals surface area contributed by atoms with Crippen LogP contribution < -0.4 is 64.5 Å². The topological polar surface area (TPSA) is 507 Å². The van der Waals surface area contributed by atoms with E-state index < -0.39 is 69.4 Å². The number of para-hydroxylation sites is 3. The van der Waals surface area contributed by atoms with Crippen molar-refractivity contribution in [3.63, 3.8) is 0 Å². The number of carbonyl (C=O) groups excluding carboxylic acids is 5. The van der Waals surface area contributed by atoms with Gasteiger partial charge in [0.25, 0.3) is 23.6 Å². The number of ether oxygens (including phenoxy) is 26. The minimum absolute atomic E-state index is 0.0175. The van der Waals surface area contributed by atoms with E-state index in [4.69, 9.17) is 123 Å². The van der Waals surface area contributed by atoms with Crippen molar-refractivity contribution >= 4 is 29.5 Å². The second-order valence-corrected chi connectivity index (χ2v) is 30.8. The number of aromatic hydroxyl groups is 6. The third kappa shape index (κ3) is 48.1. The first-order chi connectivity index (χ1) is 68.4. The van der Waals surface area contributed by atoms with Crippen molar-refractivity contribution in [2.24, 2.45) is 5.41 Å². The van der Waals surface area contributed by atoms with Gasteiger partial charge in [-0.1, -0.05) is 18.2 Å². The van der Waals surface area contributed by atoms with Gasteiger partial charge >= 0.3 is 0 Å². The number of benzene rings is 6. The molecule has 0 aromatic heterocycles. The highest BCUT2D eigenvalue weighted by Crippen LogP contribution is 2.43. The Labute approximate surface area is 818 Å². The van der Waals surface area contributed by atoms with Gasteiger partial charge in [0.05, 0.1) is 215 Å². The fourth-order valence-corrected chi connectivity index (χ4v) is 13.2. The number of hydrogen-bond acceptors (Lipinski definition) is 37. The molecule has 140 heavy (non-hydrogen) atoms. The Kier molecular flexibility index (Phi) is 62.4. The molecule has 0 aliphatic heterocycles. The molecule has 0 radical (unpaired) electrons. The van der Waals surface area contributed by atoms with Crippen molar-refractivity contribution in [3.05, 3.63) is 130 Å². The van der Waals surface area contributed by atoms with Crippen LogP contribution in [0, 0.1) is 5.41 Å². The summed E-state index contributed by atoms with van der Waals surface area (Å²) in [6.07, 6.45) is 0.877. The van der Waals surface area contributed by atoms with Crippen LogP contribution in [0.25, 0.3) is 0 Å². The second-order valence-electron chi connectivity index (χ2n) is 30.8. The summed E-state index contributed by atoms with van der Waals surface area (Å²) in [6, 6.07) is 23.4. The first kappa shape index (κ1) is 118. The molecule has 0 atom stereocenters. The molecule has 0 saturated carbocycles. The number of methoxy groups -OCH3 is 6. The van der Waals surface area contributed by atoms with Crippen LogP contribution >= 0.6 is 0 Å². The summed E-state index contributed by atoms with van der Waals surface area (Å²) in [5.74, 6) is -4.77. The number of rotatable bonds is 87. The molecule has 0 unspecified atom stereocenters. The lowest BCUT2D eigenvalue weighted by Crippen LogP contribution is -2.43. The van der Waals surface area contributed by atoms with Crippen LogP contribution in [0.4, 0.5) is 0 Å². The van der Waals surface area contributed by atoms with E-state index in [-0.39, 0.29) is 278 Å². The van der Waals surface area contributed by atoms with Crippen molar-refractivity contribution in [2.75, 3.05) is 313 Å². The highest BCUT2D eigenvalue weighted by Gasteiger charge is 2.37. The summed E-state index contributed by atoms with van der Waals surface area (Å²) < 4.78 is 152. The van der Waals surface area contributed by atoms with E-state index >= 15 is 4.79 Å². The van der Waals surface area contributed by atoms with Crippen molar-refractivity contribution in [3.8, 4) is 80.5 Å². The number of phenolic OH excluding ortho intramolecular Hbond substituents is 6. The molecular weight excluding hydrogens is 1840 g/mol. The van der Waals surface area contributed by atoms with E-state index in [9.17, 15) is 49.8 Å². The first-order valence-electron chi connectivity index (χ1n) is 46.7. The Morgan fingerprint density at radius 1 is 0.257 bits per heavy atom. The lowest BCUT2D eigenvalue weighted by atomic mass is 9.74. The van der Waals surface area contributed by atoms with Crippen molar-refractivity contribution in [1.82, 2.24) is 26.6 Å². The van der Waals surface area contributed by atoms with Gasteiger partial charge in [0.2, 0.25) is 17.4 Å². The van der Waals surface area contributed by atoms with Gasteiger partial charge in [-0.25, -0.2) is 0 Å². The summed E-state index contributed by atoms with van der Waals surface area (Å²) in [5.41, 5.74) is -0.807. The summed E-state index contributed by atoms with van der Waals surface area (Å²) >= 11 is 0. The average molecular weight is 1990 g/mol. The van der Waals surface area contributed by atoms with Gasteiger partial charge in [0, 0.05) is 92.4 Å². The molecule has 6 aromatic carbocycles. The predicted octanol–water partition coefficient (Wildman–Crippen LogP) is 7.28. The normalized spacial score (nSPS) is 11.3. The quantitative estimate of drug-likeness (QED) is 0.0132. The zero-order valence-corrected chi connectivity index (χ0v) is 81.4. The Morgan fingerprint density at radius 3 is 0.764 bits per heavy atom. The molecule has 6 aromatic rings. The van der Waals surface area contributed by atoms with E-state index in [0.29, 0.717) is 130 Å². The molecule has 11 N–H and O–H groups in total. The van der Waals surface area contributed by atoms with Crippen LogP contribution in [0.5, 0.6) is 80.5 Å². The van der Waals surface area contributed by atoms with Crippen LogP contribution in [0.2, 0.25) is 0 Å². The zero-order chi connectivity index (χ0) is 101. The fraction of sp³-hybridized carbons (Fsp3) is 0.582. The van der Waals surface area contributed by atoms with Gasteiger partial charge in [-0.3, -0.25) is 24.0 Å². The molecule has 42 heteroatoms. The largest absolute Gasteiger partial charge is 0.504 e. The van der Waals surface area contributed by atoms with Gasteiger partial charge < -0.3 is 180 Å². The average Bonchev–Trinajstić information content (AvgIpc) is 0.791. The Bertz CT molecular complexity index is 4000. The molecule has 0 aliphatic rings.